The molecule has 15 nitrogen and oxygen atoms in total. The molecule has 2 heterocycles. The first-order valence-corrected chi connectivity index (χ1v) is 19.3. The van der Waals surface area contributed by atoms with Crippen LogP contribution in [0.1, 0.15) is 65.0 Å². The lowest BCUT2D eigenvalue weighted by Gasteiger charge is -2.19. The van der Waals surface area contributed by atoms with Crippen LogP contribution in [0.25, 0.3) is 0 Å². The summed E-state index contributed by atoms with van der Waals surface area (Å²) in [6.45, 7) is 11.2. The molecular weight excluding hydrogens is 751 g/mol. The summed E-state index contributed by atoms with van der Waals surface area (Å²) in [7, 11) is 5.92. The van der Waals surface area contributed by atoms with Crippen molar-refractivity contribution in [2.75, 3.05) is 54.5 Å². The quantitative estimate of drug-likeness (QED) is 0.210. The second-order valence-corrected chi connectivity index (χ2v) is 12.2. The van der Waals surface area contributed by atoms with E-state index >= 15 is 0 Å². The van der Waals surface area contributed by atoms with Gasteiger partial charge in [0.2, 0.25) is 35.9 Å². The summed E-state index contributed by atoms with van der Waals surface area (Å²) in [4.78, 5) is 68.8. The fraction of sp³-hybridized carbons (Fsp3) is 0.476. The number of nitrogens with one attached hydrogen (secondary N) is 5. The number of nitrogens with zero attached hydrogens (tertiary/aromatic N) is 1. The van der Waals surface area contributed by atoms with E-state index in [2.05, 4.69) is 38.7 Å². The van der Waals surface area contributed by atoms with E-state index < -0.39 is 23.8 Å². The third-order valence-corrected chi connectivity index (χ3v) is 8.05. The zero-order valence-electron chi connectivity index (χ0n) is 35.6. The molecule has 2 unspecified atom stereocenters. The first-order chi connectivity index (χ1) is 27.8. The van der Waals surface area contributed by atoms with E-state index in [1.807, 2.05) is 65.0 Å². The standard InChI is InChI=1S/C18H21NO3.C12H21N5O5.C8H9FO.2C2H6/c1-21-16-8-4-14-10-11-19-18(20)9-5-13-2-6-15(7-3-13)22-17(16)12-14;1-8(16-7-18)12(22)15-5-11(21)17(3)6-10(20)14-4-9(19)13-2;1-6-3-4-8(10-2)7(9)5-6;2*1-2/h2,4,6-8,12-13H,3,5,9-11H2,1H3,(H,19,20);7-8H,4-6H2,1-3H3,(H,13,19)(H,14,20)(H,15,22)(H,16,18);3-5H,1-2H3;2*1-2H3. The monoisotopic (exact) mass is 814 g/mol. The van der Waals surface area contributed by atoms with Crippen molar-refractivity contribution < 1.29 is 47.4 Å². The first-order valence-electron chi connectivity index (χ1n) is 19.3. The van der Waals surface area contributed by atoms with Crippen molar-refractivity contribution in [1.82, 2.24) is 31.5 Å². The van der Waals surface area contributed by atoms with Crippen molar-refractivity contribution in [2.24, 2.45) is 5.92 Å². The lowest BCUT2D eigenvalue weighted by atomic mass is 9.95. The maximum absolute atomic E-state index is 12.7. The fourth-order valence-corrected chi connectivity index (χ4v) is 4.80. The number of benzene rings is 2. The van der Waals surface area contributed by atoms with Crippen LogP contribution in [0.5, 0.6) is 17.2 Å². The van der Waals surface area contributed by atoms with E-state index in [1.54, 1.807) is 13.2 Å². The number of likely N-dealkylation sites (N-methyl/N-ethyl adjacent to an activating group) is 2. The number of halogens is 1. The minimum atomic E-state index is -0.758. The van der Waals surface area contributed by atoms with Gasteiger partial charge in [-0.05, 0) is 86.6 Å². The zero-order valence-corrected chi connectivity index (χ0v) is 35.6. The van der Waals surface area contributed by atoms with Gasteiger partial charge >= 0.3 is 0 Å². The second kappa shape index (κ2) is 30.2. The third kappa shape index (κ3) is 20.8. The molecular formula is C42H63FN6O9. The Hall–Kier alpha value is -5.93. The van der Waals surface area contributed by atoms with Crippen LogP contribution in [0, 0.1) is 18.7 Å². The first kappa shape index (κ1) is 52.1. The largest absolute Gasteiger partial charge is 0.494 e. The van der Waals surface area contributed by atoms with Gasteiger partial charge in [0.15, 0.2) is 23.1 Å². The Kier molecular flexibility index (Phi) is 27.1. The molecule has 3 aliphatic rings. The third-order valence-electron chi connectivity index (χ3n) is 8.05. The number of ether oxygens (including phenoxy) is 3. The van der Waals surface area contributed by atoms with Crippen LogP contribution < -0.4 is 40.8 Å². The number of allylic oxidation sites excluding steroid dienone is 3. The molecule has 0 saturated heterocycles. The molecule has 5 rings (SSSR count). The fourth-order valence-electron chi connectivity index (χ4n) is 4.80. The number of hydrogen-bond acceptors (Lipinski definition) is 9. The van der Waals surface area contributed by atoms with Gasteiger partial charge in [-0.25, -0.2) is 4.39 Å². The molecule has 2 aromatic rings. The highest BCUT2D eigenvalue weighted by Gasteiger charge is 2.17. The van der Waals surface area contributed by atoms with Gasteiger partial charge in [-0.3, -0.25) is 28.8 Å². The van der Waals surface area contributed by atoms with Crippen molar-refractivity contribution >= 4 is 35.9 Å². The number of aryl methyl sites for hydroxylation is 1. The number of carbonyl (C=O) groups excluding carboxylic acids is 6. The molecule has 0 aromatic heterocycles. The lowest BCUT2D eigenvalue weighted by Crippen LogP contribution is -2.47. The molecule has 16 heteroatoms. The zero-order chi connectivity index (χ0) is 44.0. The van der Waals surface area contributed by atoms with Crippen LogP contribution in [0.4, 0.5) is 4.39 Å². The highest BCUT2D eigenvalue weighted by atomic mass is 19.1. The van der Waals surface area contributed by atoms with Crippen LogP contribution in [0.3, 0.4) is 0 Å². The van der Waals surface area contributed by atoms with Crippen molar-refractivity contribution in [2.45, 2.75) is 73.3 Å². The number of methoxy groups -OCH3 is 2. The molecule has 0 fully saturated rings. The Bertz CT molecular complexity index is 1670. The van der Waals surface area contributed by atoms with E-state index in [9.17, 15) is 33.2 Å². The van der Waals surface area contributed by atoms with Gasteiger partial charge in [0.25, 0.3) is 0 Å². The van der Waals surface area contributed by atoms with E-state index in [0.29, 0.717) is 31.0 Å². The molecule has 6 amide bonds. The normalized spacial score (nSPS) is 14.1. The average molecular weight is 815 g/mol. The van der Waals surface area contributed by atoms with Crippen molar-refractivity contribution in [1.29, 1.82) is 0 Å². The summed E-state index contributed by atoms with van der Waals surface area (Å²) in [6.07, 6.45) is 9.73. The molecule has 58 heavy (non-hydrogen) atoms. The van der Waals surface area contributed by atoms with Gasteiger partial charge in [-0.1, -0.05) is 45.9 Å². The maximum Gasteiger partial charge on any atom is 0.242 e. The Morgan fingerprint density at radius 3 is 2.24 bits per heavy atom. The molecule has 0 spiro atoms. The summed E-state index contributed by atoms with van der Waals surface area (Å²) >= 11 is 0. The molecule has 2 aromatic carbocycles. The van der Waals surface area contributed by atoms with Gasteiger partial charge in [0, 0.05) is 27.1 Å². The van der Waals surface area contributed by atoms with Crippen LogP contribution in [0.15, 0.2) is 60.4 Å². The summed E-state index contributed by atoms with van der Waals surface area (Å²) in [5, 5.41) is 12.2. The van der Waals surface area contributed by atoms with Gasteiger partial charge in [-0.15, -0.1) is 0 Å². The number of rotatable bonds is 11. The summed E-state index contributed by atoms with van der Waals surface area (Å²) in [5.74, 6) is 0.961. The van der Waals surface area contributed by atoms with Gasteiger partial charge in [0.05, 0.1) is 33.9 Å². The molecule has 1 aliphatic carbocycles. The molecule has 2 atom stereocenters. The SMILES string of the molecule is CC.CC.CNC(=O)CNC(=O)CN(C)C(=O)CNC(=O)C(C)NC=O.COc1ccc(C)cc1F.COc1ccc2cc1OC1=CCC(C=C1)CCC(=O)NCC2. The van der Waals surface area contributed by atoms with Gasteiger partial charge in [-0.2, -0.15) is 0 Å². The topological polar surface area (TPSA) is 193 Å². The van der Waals surface area contributed by atoms with E-state index in [1.165, 1.54) is 34.2 Å². The molecule has 0 radical (unpaired) electrons. The summed E-state index contributed by atoms with van der Waals surface area (Å²) < 4.78 is 28.8. The van der Waals surface area contributed by atoms with Crippen LogP contribution in [-0.4, -0.2) is 101 Å². The number of hydrogen-bond donors (Lipinski definition) is 5. The predicted molar refractivity (Wildman–Crippen MR) is 222 cm³/mol. The molecule has 322 valence electrons. The van der Waals surface area contributed by atoms with Crippen molar-refractivity contribution in [3.8, 4) is 17.2 Å². The van der Waals surface area contributed by atoms with E-state index in [0.717, 1.165) is 52.5 Å². The Morgan fingerprint density at radius 1 is 0.983 bits per heavy atom. The predicted octanol–water partition coefficient (Wildman–Crippen LogP) is 3.74. The molecule has 0 saturated carbocycles. The highest BCUT2D eigenvalue weighted by Crippen LogP contribution is 2.32. The number of carbonyl (C=O) groups is 6. The van der Waals surface area contributed by atoms with Gasteiger partial charge < -0.3 is 45.7 Å². The van der Waals surface area contributed by atoms with Crippen LogP contribution in [-0.2, 0) is 35.2 Å². The van der Waals surface area contributed by atoms with Gasteiger partial charge in [0.1, 0.15) is 11.8 Å². The highest BCUT2D eigenvalue weighted by molar-refractivity contribution is 5.91. The summed E-state index contributed by atoms with van der Waals surface area (Å²) in [5.41, 5.74) is 2.02. The Labute approximate surface area is 342 Å². The van der Waals surface area contributed by atoms with Crippen molar-refractivity contribution in [3.05, 3.63) is 77.3 Å². The molecule has 2 aliphatic heterocycles. The average Bonchev–Trinajstić information content (AvgIpc) is 3.23. The lowest BCUT2D eigenvalue weighted by molar-refractivity contribution is -0.135. The minimum Gasteiger partial charge on any atom is -0.494 e. The summed E-state index contributed by atoms with van der Waals surface area (Å²) in [6, 6.07) is 10.0. The van der Waals surface area contributed by atoms with Crippen LogP contribution >= 0.6 is 0 Å². The number of fused-ring (bicyclic) bond motifs is 6. The minimum absolute atomic E-state index is 0.130. The smallest absolute Gasteiger partial charge is 0.242 e. The van der Waals surface area contributed by atoms with Crippen molar-refractivity contribution in [3.63, 3.8) is 0 Å². The maximum atomic E-state index is 12.7. The van der Waals surface area contributed by atoms with E-state index in [4.69, 9.17) is 14.2 Å². The number of amides is 6. The Morgan fingerprint density at radius 2 is 1.66 bits per heavy atom. The van der Waals surface area contributed by atoms with E-state index in [-0.39, 0.29) is 37.3 Å². The second-order valence-electron chi connectivity index (χ2n) is 12.2. The van der Waals surface area contributed by atoms with Crippen LogP contribution in [0.2, 0.25) is 0 Å². The molecule has 5 N–H and O–H groups in total. The Balaban J connectivity index is 0.000000852. The molecule has 4 bridgehead atoms.